The number of anilines is 1. The fourth-order valence-corrected chi connectivity index (χ4v) is 7.00. The van der Waals surface area contributed by atoms with Gasteiger partial charge in [0.1, 0.15) is 5.75 Å². The third-order valence-corrected chi connectivity index (χ3v) is 8.81. The van der Waals surface area contributed by atoms with Crippen molar-refractivity contribution >= 4 is 21.7 Å². The molecule has 0 spiro atoms. The van der Waals surface area contributed by atoms with E-state index in [-0.39, 0.29) is 37.8 Å². The Bertz CT molecular complexity index is 1150. The number of nitrogens with zero attached hydrogens (tertiary/aromatic N) is 2. The second-order valence-corrected chi connectivity index (χ2v) is 10.4. The van der Waals surface area contributed by atoms with Gasteiger partial charge in [0.05, 0.1) is 0 Å². The highest BCUT2D eigenvalue weighted by Crippen LogP contribution is 2.45. The van der Waals surface area contributed by atoms with E-state index >= 15 is 0 Å². The van der Waals surface area contributed by atoms with Gasteiger partial charge in [-0.2, -0.15) is 4.31 Å². The van der Waals surface area contributed by atoms with Crippen molar-refractivity contribution in [2.45, 2.75) is 36.9 Å². The third kappa shape index (κ3) is 4.04. The quantitative estimate of drug-likeness (QED) is 0.701. The summed E-state index contributed by atoms with van der Waals surface area (Å²) < 4.78 is 67.6. The molecule has 1 heterocycles. The van der Waals surface area contributed by atoms with Crippen LogP contribution in [-0.4, -0.2) is 55.8 Å². The Morgan fingerprint density at radius 1 is 1.12 bits per heavy atom. The number of sulfonamides is 1. The predicted molar refractivity (Wildman–Crippen MR) is 115 cm³/mol. The second kappa shape index (κ2) is 8.21. The van der Waals surface area contributed by atoms with Crippen molar-refractivity contribution in [1.29, 1.82) is 0 Å². The number of rotatable bonds is 5. The van der Waals surface area contributed by atoms with Crippen molar-refractivity contribution in [2.75, 3.05) is 24.5 Å². The van der Waals surface area contributed by atoms with Gasteiger partial charge >= 0.3 is 12.3 Å². The summed E-state index contributed by atoms with van der Waals surface area (Å²) in [7, 11) is -4.24. The molecule has 33 heavy (non-hydrogen) atoms. The number of carbonyl (C=O) groups is 1. The SMILES string of the molecule is CC1CN(S(=O)(=O)C2(C(=O)O)CCc3ccccc32)CCN1c1ccc(OC(F)(F)F)cc1. The molecule has 2 aliphatic rings. The van der Waals surface area contributed by atoms with E-state index in [1.54, 1.807) is 31.2 Å². The largest absolute Gasteiger partial charge is 0.573 e. The van der Waals surface area contributed by atoms with Crippen molar-refractivity contribution in [3.8, 4) is 5.75 Å². The van der Waals surface area contributed by atoms with Crippen LogP contribution in [0.25, 0.3) is 0 Å². The topological polar surface area (TPSA) is 87.2 Å². The number of benzene rings is 2. The van der Waals surface area contributed by atoms with Gasteiger partial charge in [-0.25, -0.2) is 8.42 Å². The lowest BCUT2D eigenvalue weighted by molar-refractivity contribution is -0.274. The normalized spacial score (nSPS) is 23.9. The van der Waals surface area contributed by atoms with Gasteiger partial charge in [0, 0.05) is 31.4 Å². The smallest absolute Gasteiger partial charge is 0.480 e. The molecule has 4 rings (SSSR count). The molecule has 7 nitrogen and oxygen atoms in total. The Hall–Kier alpha value is -2.79. The second-order valence-electron chi connectivity index (χ2n) is 8.24. The molecule has 1 saturated heterocycles. The molecule has 0 aromatic heterocycles. The van der Waals surface area contributed by atoms with Crippen molar-refractivity contribution < 1.29 is 36.2 Å². The maximum absolute atomic E-state index is 13.7. The van der Waals surface area contributed by atoms with Crippen molar-refractivity contribution in [1.82, 2.24) is 4.31 Å². The first-order valence-corrected chi connectivity index (χ1v) is 11.8. The number of hydrogen-bond acceptors (Lipinski definition) is 5. The zero-order valence-electron chi connectivity index (χ0n) is 17.7. The molecule has 2 aromatic rings. The van der Waals surface area contributed by atoms with Gasteiger partial charge in [0.15, 0.2) is 0 Å². The van der Waals surface area contributed by atoms with Gasteiger partial charge in [0.25, 0.3) is 0 Å². The molecule has 0 saturated carbocycles. The van der Waals surface area contributed by atoms with E-state index < -0.39 is 27.1 Å². The Morgan fingerprint density at radius 3 is 2.39 bits per heavy atom. The minimum atomic E-state index is -4.78. The molecule has 1 N–H and O–H groups in total. The molecular weight excluding hydrogens is 461 g/mol. The summed E-state index contributed by atoms with van der Waals surface area (Å²) in [6, 6.07) is 11.8. The summed E-state index contributed by atoms with van der Waals surface area (Å²) in [6.07, 6.45) is -4.45. The lowest BCUT2D eigenvalue weighted by Gasteiger charge is -2.43. The minimum absolute atomic E-state index is 0.0285. The summed E-state index contributed by atoms with van der Waals surface area (Å²) in [5, 5.41) is 10.1. The van der Waals surface area contributed by atoms with Gasteiger partial charge in [-0.15, -0.1) is 13.2 Å². The van der Waals surface area contributed by atoms with Crippen molar-refractivity contribution in [3.05, 3.63) is 59.7 Å². The van der Waals surface area contributed by atoms with E-state index in [1.807, 2.05) is 4.90 Å². The van der Waals surface area contributed by atoms with Crippen LogP contribution in [0, 0.1) is 0 Å². The highest BCUT2D eigenvalue weighted by Gasteiger charge is 2.58. The van der Waals surface area contributed by atoms with Crippen LogP contribution in [0.15, 0.2) is 48.5 Å². The zero-order chi connectivity index (χ0) is 24.0. The third-order valence-electron chi connectivity index (χ3n) is 6.32. The molecular formula is C22H23F3N2O5S. The van der Waals surface area contributed by atoms with E-state index in [0.29, 0.717) is 17.7 Å². The summed E-state index contributed by atoms with van der Waals surface area (Å²) in [4.78, 5) is 14.2. The van der Waals surface area contributed by atoms with E-state index in [4.69, 9.17) is 0 Å². The molecule has 2 aromatic carbocycles. The summed E-state index contributed by atoms with van der Waals surface area (Å²) in [5.74, 6) is -1.73. The summed E-state index contributed by atoms with van der Waals surface area (Å²) in [6.45, 7) is 2.17. The number of ether oxygens (including phenoxy) is 1. The van der Waals surface area contributed by atoms with E-state index in [1.165, 1.54) is 28.6 Å². The number of aliphatic carboxylic acids is 1. The number of aryl methyl sites for hydroxylation is 1. The average molecular weight is 484 g/mol. The highest BCUT2D eigenvalue weighted by molar-refractivity contribution is 7.90. The van der Waals surface area contributed by atoms with Crippen LogP contribution in [0.1, 0.15) is 24.5 Å². The Kier molecular flexibility index (Phi) is 5.81. The fourth-order valence-electron chi connectivity index (χ4n) is 4.76. The average Bonchev–Trinajstić information content (AvgIpc) is 3.15. The lowest BCUT2D eigenvalue weighted by atomic mass is 10.0. The van der Waals surface area contributed by atoms with Crippen LogP contribution >= 0.6 is 0 Å². The van der Waals surface area contributed by atoms with Crippen LogP contribution in [0.4, 0.5) is 18.9 Å². The van der Waals surface area contributed by atoms with E-state index in [2.05, 4.69) is 4.74 Å². The number of halogens is 3. The first-order chi connectivity index (χ1) is 15.5. The van der Waals surface area contributed by atoms with Gasteiger partial charge in [0.2, 0.25) is 14.8 Å². The van der Waals surface area contributed by atoms with Gasteiger partial charge in [-0.3, -0.25) is 4.79 Å². The molecule has 0 bridgehead atoms. The monoisotopic (exact) mass is 484 g/mol. The molecule has 0 amide bonds. The lowest BCUT2D eigenvalue weighted by Crippen LogP contribution is -2.58. The minimum Gasteiger partial charge on any atom is -0.480 e. The van der Waals surface area contributed by atoms with Gasteiger partial charge in [-0.05, 0) is 55.2 Å². The maximum Gasteiger partial charge on any atom is 0.573 e. The highest BCUT2D eigenvalue weighted by atomic mass is 32.2. The number of carboxylic acids is 1. The van der Waals surface area contributed by atoms with Gasteiger partial charge < -0.3 is 14.7 Å². The standard InChI is InChI=1S/C22H23F3N2O5S/c1-15-14-26(12-13-27(15)17-6-8-18(9-7-17)32-22(23,24)25)33(30,31)21(20(28)29)11-10-16-4-2-3-5-19(16)21/h2-9,15H,10-14H2,1H3,(H,28,29). The molecule has 1 aliphatic heterocycles. The number of fused-ring (bicyclic) bond motifs is 1. The van der Waals surface area contributed by atoms with E-state index in [0.717, 1.165) is 5.56 Å². The molecule has 178 valence electrons. The molecule has 1 aliphatic carbocycles. The van der Waals surface area contributed by atoms with Crippen molar-refractivity contribution in [2.24, 2.45) is 0 Å². The van der Waals surface area contributed by atoms with Crippen LogP contribution in [0.5, 0.6) is 5.75 Å². The molecule has 2 atom stereocenters. The number of alkyl halides is 3. The fraction of sp³-hybridized carbons (Fsp3) is 0.409. The summed E-state index contributed by atoms with van der Waals surface area (Å²) in [5.41, 5.74) is 1.65. The van der Waals surface area contributed by atoms with Crippen LogP contribution < -0.4 is 9.64 Å². The Labute approximate surface area is 189 Å². The summed E-state index contributed by atoms with van der Waals surface area (Å²) >= 11 is 0. The molecule has 0 radical (unpaired) electrons. The molecule has 2 unspecified atom stereocenters. The molecule has 1 fully saturated rings. The Morgan fingerprint density at radius 2 is 1.79 bits per heavy atom. The predicted octanol–water partition coefficient (Wildman–Crippen LogP) is 3.35. The number of piperazine rings is 1. The van der Waals surface area contributed by atoms with Crippen LogP contribution in [-0.2, 0) is 26.0 Å². The first-order valence-electron chi connectivity index (χ1n) is 10.4. The number of hydrogen-bond donors (Lipinski definition) is 1. The Balaban J connectivity index is 1.55. The molecule has 11 heteroatoms. The van der Waals surface area contributed by atoms with Crippen molar-refractivity contribution in [3.63, 3.8) is 0 Å². The van der Waals surface area contributed by atoms with E-state index in [9.17, 15) is 31.5 Å². The maximum atomic E-state index is 13.7. The van der Waals surface area contributed by atoms with Crippen LogP contribution in [0.2, 0.25) is 0 Å². The number of carboxylic acid groups (broad SMARTS) is 1. The van der Waals surface area contributed by atoms with Crippen LogP contribution in [0.3, 0.4) is 0 Å². The van der Waals surface area contributed by atoms with Gasteiger partial charge in [-0.1, -0.05) is 24.3 Å². The first kappa shape index (κ1) is 23.4. The zero-order valence-corrected chi connectivity index (χ0v) is 18.6.